The van der Waals surface area contributed by atoms with E-state index in [0.717, 1.165) is 12.8 Å². The maximum atomic E-state index is 10.4. The minimum atomic E-state index is -3.73. The highest BCUT2D eigenvalue weighted by atomic mass is 32.2. The summed E-state index contributed by atoms with van der Waals surface area (Å²) in [5.41, 5.74) is 0. The number of hydrogen-bond donors (Lipinski definition) is 1. The van der Waals surface area contributed by atoms with E-state index in [1.54, 1.807) is 0 Å². The lowest BCUT2D eigenvalue weighted by molar-refractivity contribution is 0.478. The van der Waals surface area contributed by atoms with E-state index >= 15 is 0 Å². The molecule has 1 N–H and O–H groups in total. The Bertz CT molecular complexity index is 235. The van der Waals surface area contributed by atoms with Gasteiger partial charge in [-0.3, -0.25) is 4.55 Å². The molecule has 0 rings (SSSR count). The van der Waals surface area contributed by atoms with Crippen LogP contribution in [0.1, 0.15) is 71.1 Å². The normalized spacial score (nSPS) is 11.2. The molecular formula is C13H26O3S. The van der Waals surface area contributed by atoms with E-state index in [4.69, 9.17) is 4.55 Å². The zero-order chi connectivity index (χ0) is 12.3. The van der Waals surface area contributed by atoms with Crippen molar-refractivity contribution >= 4 is 10.1 Å². The Morgan fingerprint density at radius 2 is 1.12 bits per heavy atom. The highest BCUT2D eigenvalue weighted by Gasteiger charge is 2.02. The predicted octanol–water partition coefficient (Wildman–Crippen LogP) is 3.88. The van der Waals surface area contributed by atoms with E-state index in [0.29, 0.717) is 6.42 Å². The highest BCUT2D eigenvalue weighted by molar-refractivity contribution is 7.85. The molecule has 0 unspecified atom stereocenters. The maximum Gasteiger partial charge on any atom is 0.264 e. The van der Waals surface area contributed by atoms with E-state index in [9.17, 15) is 8.42 Å². The van der Waals surface area contributed by atoms with Crippen molar-refractivity contribution in [3.05, 3.63) is 7.43 Å². The lowest BCUT2D eigenvalue weighted by atomic mass is 10.1. The average molecular weight is 262 g/mol. The fourth-order valence-electron chi connectivity index (χ4n) is 1.77. The van der Waals surface area contributed by atoms with Crippen molar-refractivity contribution in [2.75, 3.05) is 5.75 Å². The van der Waals surface area contributed by atoms with Gasteiger partial charge in [-0.25, -0.2) is 0 Å². The highest BCUT2D eigenvalue weighted by Crippen LogP contribution is 2.10. The van der Waals surface area contributed by atoms with Crippen molar-refractivity contribution in [3.8, 4) is 0 Å². The molecule has 0 aliphatic rings. The van der Waals surface area contributed by atoms with Crippen LogP contribution in [0, 0.1) is 7.43 Å². The van der Waals surface area contributed by atoms with Gasteiger partial charge in [-0.1, -0.05) is 64.7 Å². The first-order valence-electron chi connectivity index (χ1n) is 6.51. The van der Waals surface area contributed by atoms with E-state index in [-0.39, 0.29) is 13.2 Å². The molecule has 0 fully saturated rings. The molecule has 0 aromatic carbocycles. The van der Waals surface area contributed by atoms with Gasteiger partial charge in [0.1, 0.15) is 0 Å². The van der Waals surface area contributed by atoms with E-state index in [1.165, 1.54) is 44.9 Å². The molecule has 0 aromatic heterocycles. The Morgan fingerprint density at radius 1 is 0.765 bits per heavy atom. The minimum absolute atomic E-state index is 0. The van der Waals surface area contributed by atoms with Gasteiger partial charge in [0.25, 0.3) is 10.1 Å². The lowest BCUT2D eigenvalue weighted by Crippen LogP contribution is -2.03. The molecule has 0 saturated carbocycles. The smallest absolute Gasteiger partial charge is 0.264 e. The molecule has 3 nitrogen and oxygen atoms in total. The third-order valence-electron chi connectivity index (χ3n) is 2.76. The summed E-state index contributed by atoms with van der Waals surface area (Å²) in [7, 11) is -3.73. The summed E-state index contributed by atoms with van der Waals surface area (Å²) >= 11 is 0. The van der Waals surface area contributed by atoms with Crippen molar-refractivity contribution in [2.45, 2.75) is 71.1 Å². The van der Waals surface area contributed by atoms with Crippen LogP contribution in [-0.2, 0) is 10.1 Å². The second-order valence-electron chi connectivity index (χ2n) is 4.47. The molecule has 4 heteroatoms. The molecule has 0 aromatic rings. The zero-order valence-electron chi connectivity index (χ0n) is 11.0. The van der Waals surface area contributed by atoms with Crippen LogP contribution < -0.4 is 0 Å². The summed E-state index contributed by atoms with van der Waals surface area (Å²) < 4.78 is 29.4. The molecule has 17 heavy (non-hydrogen) atoms. The third kappa shape index (κ3) is 18.5. The molecule has 0 aliphatic heterocycles. The van der Waals surface area contributed by atoms with Crippen LogP contribution in [0.15, 0.2) is 0 Å². The molecule has 0 atom stereocenters. The molecule has 102 valence electrons. The zero-order valence-corrected chi connectivity index (χ0v) is 11.8. The second-order valence-corrected chi connectivity index (χ2v) is 6.04. The topological polar surface area (TPSA) is 54.4 Å². The van der Waals surface area contributed by atoms with Crippen molar-refractivity contribution in [1.29, 1.82) is 0 Å². The van der Waals surface area contributed by atoms with Gasteiger partial charge in [0.15, 0.2) is 0 Å². The SMILES string of the molecule is CCCCCCCCCCCCS(=O)(=O)O.[C]. The molecule has 0 saturated heterocycles. The summed E-state index contributed by atoms with van der Waals surface area (Å²) in [6.45, 7) is 2.22. The molecular weight excluding hydrogens is 236 g/mol. The van der Waals surface area contributed by atoms with Crippen molar-refractivity contribution in [3.63, 3.8) is 0 Å². The Labute approximate surface area is 108 Å². The lowest BCUT2D eigenvalue weighted by Gasteiger charge is -2.01. The summed E-state index contributed by atoms with van der Waals surface area (Å²) in [5.74, 6) is -0.0799. The fourth-order valence-corrected chi connectivity index (χ4v) is 2.34. The Balaban J connectivity index is 0. The van der Waals surface area contributed by atoms with Gasteiger partial charge in [-0.05, 0) is 6.42 Å². The first-order chi connectivity index (χ1) is 7.56. The number of hydrogen-bond acceptors (Lipinski definition) is 2. The van der Waals surface area contributed by atoms with Crippen LogP contribution in [0.5, 0.6) is 0 Å². The van der Waals surface area contributed by atoms with Crippen LogP contribution in [0.25, 0.3) is 0 Å². The van der Waals surface area contributed by atoms with Gasteiger partial charge in [0.05, 0.1) is 5.75 Å². The standard InChI is InChI=1S/C12H26O3S.C/c1-2-3-4-5-6-7-8-9-10-11-12-16(13,14)15;/h2-12H2,1H3,(H,13,14,15);. The van der Waals surface area contributed by atoms with Crippen LogP contribution >= 0.6 is 0 Å². The Kier molecular flexibility index (Phi) is 14.0. The summed E-state index contributed by atoms with van der Waals surface area (Å²) in [5, 5.41) is 0. The third-order valence-corrected chi connectivity index (χ3v) is 3.56. The van der Waals surface area contributed by atoms with E-state index < -0.39 is 10.1 Å². The van der Waals surface area contributed by atoms with Gasteiger partial charge in [-0.2, -0.15) is 8.42 Å². The van der Waals surface area contributed by atoms with Gasteiger partial charge in [0.2, 0.25) is 0 Å². The Morgan fingerprint density at radius 3 is 1.47 bits per heavy atom. The first kappa shape index (κ1) is 19.3. The quantitative estimate of drug-likeness (QED) is 0.454. The largest absolute Gasteiger partial charge is 0.286 e. The van der Waals surface area contributed by atoms with Crippen LogP contribution in [0.3, 0.4) is 0 Å². The van der Waals surface area contributed by atoms with Crippen LogP contribution in [-0.4, -0.2) is 18.7 Å². The van der Waals surface area contributed by atoms with Gasteiger partial charge < -0.3 is 0 Å². The molecule has 0 aliphatic carbocycles. The van der Waals surface area contributed by atoms with Crippen LogP contribution in [0.2, 0.25) is 0 Å². The van der Waals surface area contributed by atoms with Gasteiger partial charge in [0, 0.05) is 7.43 Å². The van der Waals surface area contributed by atoms with Crippen molar-refractivity contribution in [2.24, 2.45) is 0 Å². The maximum absolute atomic E-state index is 10.4. The van der Waals surface area contributed by atoms with E-state index in [1.807, 2.05) is 0 Å². The summed E-state index contributed by atoms with van der Waals surface area (Å²) in [6.07, 6.45) is 11.7. The van der Waals surface area contributed by atoms with Gasteiger partial charge in [-0.15, -0.1) is 0 Å². The number of rotatable bonds is 11. The van der Waals surface area contributed by atoms with Crippen molar-refractivity contribution in [1.82, 2.24) is 0 Å². The number of unbranched alkanes of at least 4 members (excludes halogenated alkanes) is 9. The van der Waals surface area contributed by atoms with Gasteiger partial charge >= 0.3 is 0 Å². The van der Waals surface area contributed by atoms with E-state index in [2.05, 4.69) is 6.92 Å². The fraction of sp³-hybridized carbons (Fsp3) is 0.923. The molecule has 0 spiro atoms. The first-order valence-corrected chi connectivity index (χ1v) is 8.12. The molecule has 4 radical (unpaired) electrons. The van der Waals surface area contributed by atoms with Crippen molar-refractivity contribution < 1.29 is 13.0 Å². The molecule has 0 amide bonds. The van der Waals surface area contributed by atoms with Crippen LogP contribution in [0.4, 0.5) is 0 Å². The predicted molar refractivity (Wildman–Crippen MR) is 71.5 cm³/mol. The second kappa shape index (κ2) is 12.4. The summed E-state index contributed by atoms with van der Waals surface area (Å²) in [4.78, 5) is 0. The minimum Gasteiger partial charge on any atom is -0.286 e. The Hall–Kier alpha value is -0.0900. The molecule has 0 heterocycles. The summed E-state index contributed by atoms with van der Waals surface area (Å²) in [6, 6.07) is 0. The molecule has 0 bridgehead atoms. The average Bonchev–Trinajstić information content (AvgIpc) is 2.19. The monoisotopic (exact) mass is 262 g/mol.